The predicted octanol–water partition coefficient (Wildman–Crippen LogP) is -0.283. The van der Waals surface area contributed by atoms with Crippen LogP contribution in [-0.2, 0) is 4.79 Å². The van der Waals surface area contributed by atoms with Gasteiger partial charge in [-0.2, -0.15) is 5.10 Å². The number of nitrogens with zero attached hydrogens (tertiary/aromatic N) is 2. The highest BCUT2D eigenvalue weighted by atomic mass is 16.2. The van der Waals surface area contributed by atoms with Crippen LogP contribution in [0.2, 0.25) is 0 Å². The monoisotopic (exact) mass is 316 g/mol. The summed E-state index contributed by atoms with van der Waals surface area (Å²) in [5.41, 5.74) is 2.86. The average Bonchev–Trinajstić information content (AvgIpc) is 2.50. The van der Waals surface area contributed by atoms with E-state index >= 15 is 0 Å². The van der Waals surface area contributed by atoms with E-state index in [1.54, 1.807) is 0 Å². The number of anilines is 1. The van der Waals surface area contributed by atoms with E-state index in [-0.39, 0.29) is 5.82 Å². The molecule has 0 aliphatic heterocycles. The van der Waals surface area contributed by atoms with Crippen LogP contribution >= 0.6 is 0 Å². The number of amides is 1. The second kappa shape index (κ2) is 7.16. The molecule has 2 aromatic rings. The molecule has 1 atom stereocenters. The van der Waals surface area contributed by atoms with Gasteiger partial charge in [-0.1, -0.05) is 29.8 Å². The molecule has 0 fully saturated rings. The summed E-state index contributed by atoms with van der Waals surface area (Å²) in [6, 6.07) is 6.84. The molecule has 23 heavy (non-hydrogen) atoms. The standard InChI is InChI=1S/C14H16N6O3/c1-8-4-3-5-10(6-8)7-15-19-12(21)9(2)16-11-13(22)17-14(23)20-18-11/h3-7,9H,1-2H3,(H,16,18)(H,19,21)(H2,17,20,22,23)/b15-7-/t9-/m0/s1. The Hall–Kier alpha value is -3.23. The lowest BCUT2D eigenvalue weighted by molar-refractivity contribution is -0.121. The van der Waals surface area contributed by atoms with E-state index in [0.717, 1.165) is 11.1 Å². The Morgan fingerprint density at radius 3 is 2.87 bits per heavy atom. The van der Waals surface area contributed by atoms with Crippen LogP contribution in [0.3, 0.4) is 0 Å². The SMILES string of the molecule is Cc1cccc(/C=N\NC(=O)[C@H](C)Nc2n[nH]c(=O)[nH]c2=O)c1. The third kappa shape index (κ3) is 4.63. The van der Waals surface area contributed by atoms with Gasteiger partial charge in [0.25, 0.3) is 11.5 Å². The Kier molecular flexibility index (Phi) is 5.03. The number of benzene rings is 1. The third-order valence-corrected chi connectivity index (χ3v) is 2.89. The Morgan fingerprint density at radius 1 is 1.39 bits per heavy atom. The quantitative estimate of drug-likeness (QED) is 0.445. The van der Waals surface area contributed by atoms with Crippen molar-refractivity contribution >= 4 is 17.9 Å². The summed E-state index contributed by atoms with van der Waals surface area (Å²) < 4.78 is 0. The first-order valence-corrected chi connectivity index (χ1v) is 6.81. The molecule has 0 saturated carbocycles. The number of aromatic nitrogens is 3. The Labute approximate surface area is 130 Å². The van der Waals surface area contributed by atoms with Crippen LogP contribution in [0.4, 0.5) is 5.82 Å². The van der Waals surface area contributed by atoms with Crippen molar-refractivity contribution in [3.63, 3.8) is 0 Å². The lowest BCUT2D eigenvalue weighted by atomic mass is 10.2. The fraction of sp³-hybridized carbons (Fsp3) is 0.214. The molecule has 1 aromatic carbocycles. The van der Waals surface area contributed by atoms with Gasteiger partial charge in [0.2, 0.25) is 5.82 Å². The average molecular weight is 316 g/mol. The van der Waals surface area contributed by atoms with Gasteiger partial charge in [-0.25, -0.2) is 15.3 Å². The van der Waals surface area contributed by atoms with Crippen molar-refractivity contribution in [2.24, 2.45) is 5.10 Å². The molecule has 0 saturated heterocycles. The first-order chi connectivity index (χ1) is 11.0. The molecule has 0 aliphatic carbocycles. The lowest BCUT2D eigenvalue weighted by Crippen LogP contribution is -2.38. The van der Waals surface area contributed by atoms with E-state index in [0.29, 0.717) is 0 Å². The van der Waals surface area contributed by atoms with E-state index in [2.05, 4.69) is 26.0 Å². The van der Waals surface area contributed by atoms with Gasteiger partial charge >= 0.3 is 5.69 Å². The molecule has 0 bridgehead atoms. The molecule has 120 valence electrons. The summed E-state index contributed by atoms with van der Waals surface area (Å²) in [6.07, 6.45) is 1.52. The summed E-state index contributed by atoms with van der Waals surface area (Å²) in [4.78, 5) is 36.2. The summed E-state index contributed by atoms with van der Waals surface area (Å²) >= 11 is 0. The van der Waals surface area contributed by atoms with Crippen molar-refractivity contribution in [3.8, 4) is 0 Å². The maximum absolute atomic E-state index is 11.9. The Bertz CT molecular complexity index is 839. The smallest absolute Gasteiger partial charge is 0.342 e. The summed E-state index contributed by atoms with van der Waals surface area (Å²) in [6.45, 7) is 3.49. The normalized spacial score (nSPS) is 12.1. The molecule has 9 heteroatoms. The molecule has 0 radical (unpaired) electrons. The lowest BCUT2D eigenvalue weighted by Gasteiger charge is -2.11. The minimum Gasteiger partial charge on any atom is -0.353 e. The number of H-pyrrole nitrogens is 2. The second-order valence-corrected chi connectivity index (χ2v) is 4.87. The van der Waals surface area contributed by atoms with E-state index < -0.39 is 23.2 Å². The van der Waals surface area contributed by atoms with Crippen LogP contribution < -0.4 is 22.0 Å². The number of aromatic amines is 2. The molecule has 4 N–H and O–H groups in total. The van der Waals surface area contributed by atoms with Crippen LogP contribution in [0.15, 0.2) is 39.0 Å². The van der Waals surface area contributed by atoms with Crippen LogP contribution in [0.1, 0.15) is 18.1 Å². The third-order valence-electron chi connectivity index (χ3n) is 2.89. The number of hydrogen-bond donors (Lipinski definition) is 4. The van der Waals surface area contributed by atoms with Crippen molar-refractivity contribution in [1.82, 2.24) is 20.6 Å². The van der Waals surface area contributed by atoms with E-state index in [1.165, 1.54) is 13.1 Å². The maximum Gasteiger partial charge on any atom is 0.342 e. The van der Waals surface area contributed by atoms with Crippen LogP contribution in [-0.4, -0.2) is 33.3 Å². The molecule has 0 aliphatic rings. The number of carbonyl (C=O) groups is 1. The zero-order chi connectivity index (χ0) is 16.8. The minimum atomic E-state index is -0.774. The molecule has 1 amide bonds. The number of carbonyl (C=O) groups excluding carboxylic acids is 1. The van der Waals surface area contributed by atoms with E-state index in [9.17, 15) is 14.4 Å². The summed E-state index contributed by atoms with van der Waals surface area (Å²) in [5, 5.41) is 12.0. The largest absolute Gasteiger partial charge is 0.353 e. The van der Waals surface area contributed by atoms with Gasteiger partial charge < -0.3 is 5.32 Å². The molecule has 0 unspecified atom stereocenters. The number of rotatable bonds is 5. The van der Waals surface area contributed by atoms with Crippen molar-refractivity contribution in [3.05, 3.63) is 56.2 Å². The van der Waals surface area contributed by atoms with Crippen molar-refractivity contribution in [2.45, 2.75) is 19.9 Å². The molecule has 1 heterocycles. The predicted molar refractivity (Wildman–Crippen MR) is 85.5 cm³/mol. The van der Waals surface area contributed by atoms with Gasteiger partial charge in [-0.15, -0.1) is 5.10 Å². The summed E-state index contributed by atoms with van der Waals surface area (Å²) in [5.74, 6) is -0.615. The van der Waals surface area contributed by atoms with Crippen molar-refractivity contribution in [1.29, 1.82) is 0 Å². The topological polar surface area (TPSA) is 132 Å². The number of aryl methyl sites for hydroxylation is 1. The molecule has 1 aromatic heterocycles. The molecular weight excluding hydrogens is 300 g/mol. The van der Waals surface area contributed by atoms with Crippen molar-refractivity contribution in [2.75, 3.05) is 5.32 Å². The zero-order valence-corrected chi connectivity index (χ0v) is 12.6. The minimum absolute atomic E-state index is 0.157. The highest BCUT2D eigenvalue weighted by Crippen LogP contribution is 2.00. The Morgan fingerprint density at radius 2 is 2.17 bits per heavy atom. The van der Waals surface area contributed by atoms with Gasteiger partial charge in [0, 0.05) is 0 Å². The molecule has 0 spiro atoms. The molecular formula is C14H16N6O3. The van der Waals surface area contributed by atoms with Gasteiger partial charge in [-0.05, 0) is 19.4 Å². The van der Waals surface area contributed by atoms with Gasteiger partial charge in [0.05, 0.1) is 6.21 Å². The highest BCUT2D eigenvalue weighted by Gasteiger charge is 2.14. The van der Waals surface area contributed by atoms with Crippen LogP contribution in [0.25, 0.3) is 0 Å². The Balaban J connectivity index is 1.95. The fourth-order valence-corrected chi connectivity index (χ4v) is 1.73. The fourth-order valence-electron chi connectivity index (χ4n) is 1.73. The van der Waals surface area contributed by atoms with Gasteiger partial charge in [0.1, 0.15) is 6.04 Å². The van der Waals surface area contributed by atoms with E-state index in [1.807, 2.05) is 36.2 Å². The number of hydrogen-bond acceptors (Lipinski definition) is 6. The summed E-state index contributed by atoms with van der Waals surface area (Å²) in [7, 11) is 0. The first kappa shape index (κ1) is 16.1. The highest BCUT2D eigenvalue weighted by molar-refractivity contribution is 5.86. The molecule has 9 nitrogen and oxygen atoms in total. The van der Waals surface area contributed by atoms with Gasteiger partial charge in [-0.3, -0.25) is 14.6 Å². The molecule has 2 rings (SSSR count). The van der Waals surface area contributed by atoms with Crippen molar-refractivity contribution < 1.29 is 4.79 Å². The number of hydrazone groups is 1. The first-order valence-electron chi connectivity index (χ1n) is 6.81. The second-order valence-electron chi connectivity index (χ2n) is 4.87. The van der Waals surface area contributed by atoms with Crippen LogP contribution in [0, 0.1) is 6.92 Å². The zero-order valence-electron chi connectivity index (χ0n) is 12.6. The number of nitrogens with one attached hydrogen (secondary N) is 4. The van der Waals surface area contributed by atoms with E-state index in [4.69, 9.17) is 0 Å². The van der Waals surface area contributed by atoms with Gasteiger partial charge in [0.15, 0.2) is 0 Å². The van der Waals surface area contributed by atoms with Crippen LogP contribution in [0.5, 0.6) is 0 Å². The maximum atomic E-state index is 11.9.